The van der Waals surface area contributed by atoms with Gasteiger partial charge in [-0.25, -0.2) is 0 Å². The Bertz CT molecular complexity index is 715. The SMILES string of the molecule is CC(C)Cn1nc(C(=O)N2CCCC2)c2c1CC[C@@H](NCC1(O)CCCCC1)C2. The minimum Gasteiger partial charge on any atom is -0.389 e. The summed E-state index contributed by atoms with van der Waals surface area (Å²) in [5.74, 6) is 0.623. The maximum atomic E-state index is 13.2. The van der Waals surface area contributed by atoms with Crippen LogP contribution in [0.1, 0.15) is 87.0 Å². The molecule has 3 aliphatic rings. The Balaban J connectivity index is 1.50. The molecule has 1 aromatic heterocycles. The van der Waals surface area contributed by atoms with E-state index in [-0.39, 0.29) is 5.91 Å². The normalized spacial score (nSPS) is 24.1. The lowest BCUT2D eigenvalue weighted by molar-refractivity contribution is 0.00227. The zero-order valence-electron chi connectivity index (χ0n) is 18.3. The Morgan fingerprint density at radius 1 is 1.21 bits per heavy atom. The van der Waals surface area contributed by atoms with Crippen molar-refractivity contribution >= 4 is 5.91 Å². The van der Waals surface area contributed by atoms with Crippen LogP contribution in [0.25, 0.3) is 0 Å². The van der Waals surface area contributed by atoms with Crippen LogP contribution in [-0.4, -0.2) is 57.0 Å². The summed E-state index contributed by atoms with van der Waals surface area (Å²) in [6.45, 7) is 7.66. The third kappa shape index (κ3) is 4.69. The quantitative estimate of drug-likeness (QED) is 0.768. The lowest BCUT2D eigenvalue weighted by atomic mass is 9.84. The minimum absolute atomic E-state index is 0.118. The van der Waals surface area contributed by atoms with Crippen molar-refractivity contribution in [2.45, 2.75) is 96.2 Å². The highest BCUT2D eigenvalue weighted by Crippen LogP contribution is 2.30. The topological polar surface area (TPSA) is 70.4 Å². The fourth-order valence-electron chi connectivity index (χ4n) is 5.32. The highest BCUT2D eigenvalue weighted by molar-refractivity contribution is 5.94. The van der Waals surface area contributed by atoms with Crippen LogP contribution >= 0.6 is 0 Å². The average Bonchev–Trinajstić information content (AvgIpc) is 3.35. The molecule has 1 saturated heterocycles. The van der Waals surface area contributed by atoms with E-state index in [9.17, 15) is 9.90 Å². The van der Waals surface area contributed by atoms with Crippen molar-refractivity contribution in [2.75, 3.05) is 19.6 Å². The van der Waals surface area contributed by atoms with Crippen molar-refractivity contribution < 1.29 is 9.90 Å². The minimum atomic E-state index is -0.547. The largest absolute Gasteiger partial charge is 0.389 e. The Hall–Kier alpha value is -1.40. The van der Waals surface area contributed by atoms with Crippen molar-refractivity contribution in [3.05, 3.63) is 17.0 Å². The molecule has 1 aromatic rings. The maximum absolute atomic E-state index is 13.2. The van der Waals surface area contributed by atoms with Gasteiger partial charge in [-0.3, -0.25) is 9.48 Å². The number of aliphatic hydroxyl groups is 1. The van der Waals surface area contributed by atoms with Crippen molar-refractivity contribution in [1.29, 1.82) is 0 Å². The number of nitrogens with one attached hydrogen (secondary N) is 1. The van der Waals surface area contributed by atoms with Gasteiger partial charge in [-0.2, -0.15) is 5.10 Å². The van der Waals surface area contributed by atoms with Crippen molar-refractivity contribution in [1.82, 2.24) is 20.0 Å². The third-order valence-electron chi connectivity index (χ3n) is 6.98. The predicted molar refractivity (Wildman–Crippen MR) is 114 cm³/mol. The molecular formula is C23H38N4O2. The first-order chi connectivity index (χ1) is 14.0. The second-order valence-corrected chi connectivity index (χ2v) is 9.95. The average molecular weight is 403 g/mol. The maximum Gasteiger partial charge on any atom is 0.274 e. The summed E-state index contributed by atoms with van der Waals surface area (Å²) >= 11 is 0. The van der Waals surface area contributed by atoms with Crippen molar-refractivity contribution in [3.8, 4) is 0 Å². The van der Waals surface area contributed by atoms with Gasteiger partial charge >= 0.3 is 0 Å². The molecule has 0 radical (unpaired) electrons. The van der Waals surface area contributed by atoms with E-state index in [2.05, 4.69) is 23.8 Å². The zero-order valence-corrected chi connectivity index (χ0v) is 18.3. The number of hydrogen-bond acceptors (Lipinski definition) is 4. The number of aromatic nitrogens is 2. The molecule has 0 spiro atoms. The molecule has 1 aliphatic heterocycles. The molecule has 1 atom stereocenters. The molecule has 6 nitrogen and oxygen atoms in total. The van der Waals surface area contributed by atoms with E-state index in [0.717, 1.165) is 83.0 Å². The van der Waals surface area contributed by atoms with Gasteiger partial charge in [0, 0.05) is 43.5 Å². The van der Waals surface area contributed by atoms with Gasteiger partial charge in [-0.05, 0) is 50.9 Å². The first-order valence-corrected chi connectivity index (χ1v) is 11.8. The van der Waals surface area contributed by atoms with E-state index in [1.807, 2.05) is 4.90 Å². The van der Waals surface area contributed by atoms with E-state index >= 15 is 0 Å². The highest BCUT2D eigenvalue weighted by Gasteiger charge is 2.34. The Morgan fingerprint density at radius 2 is 1.93 bits per heavy atom. The molecule has 1 amide bonds. The highest BCUT2D eigenvalue weighted by atomic mass is 16.3. The van der Waals surface area contributed by atoms with Crippen molar-refractivity contribution in [2.24, 2.45) is 5.92 Å². The lowest BCUT2D eigenvalue weighted by Gasteiger charge is -2.35. The molecule has 29 heavy (non-hydrogen) atoms. The number of hydrogen-bond donors (Lipinski definition) is 2. The van der Waals surface area contributed by atoms with Gasteiger partial charge in [0.2, 0.25) is 0 Å². The van der Waals surface area contributed by atoms with Gasteiger partial charge in [0.25, 0.3) is 5.91 Å². The second kappa shape index (κ2) is 8.76. The van der Waals surface area contributed by atoms with Crippen LogP contribution in [0.2, 0.25) is 0 Å². The van der Waals surface area contributed by atoms with Gasteiger partial charge in [-0.15, -0.1) is 0 Å². The smallest absolute Gasteiger partial charge is 0.274 e. The summed E-state index contributed by atoms with van der Waals surface area (Å²) in [5.41, 5.74) is 2.55. The fourth-order valence-corrected chi connectivity index (χ4v) is 5.32. The van der Waals surface area contributed by atoms with Crippen LogP contribution in [-0.2, 0) is 19.4 Å². The molecule has 162 valence electrons. The monoisotopic (exact) mass is 402 g/mol. The van der Waals surface area contributed by atoms with Crippen LogP contribution in [0.3, 0.4) is 0 Å². The van der Waals surface area contributed by atoms with Crippen LogP contribution < -0.4 is 5.32 Å². The number of carbonyl (C=O) groups is 1. The van der Waals surface area contributed by atoms with Gasteiger partial charge < -0.3 is 15.3 Å². The number of amides is 1. The van der Waals surface area contributed by atoms with E-state index < -0.39 is 5.60 Å². The van der Waals surface area contributed by atoms with E-state index in [1.54, 1.807) is 0 Å². The summed E-state index contributed by atoms with van der Waals surface area (Å²) in [5, 5.41) is 19.3. The molecule has 4 rings (SSSR count). The predicted octanol–water partition coefficient (Wildman–Crippen LogP) is 2.92. The molecule has 1 saturated carbocycles. The number of rotatable bonds is 6. The number of carbonyl (C=O) groups excluding carboxylic acids is 1. The summed E-state index contributed by atoms with van der Waals surface area (Å²) in [6, 6.07) is 0.315. The first kappa shape index (κ1) is 20.9. The molecule has 2 heterocycles. The molecule has 0 bridgehead atoms. The van der Waals surface area contributed by atoms with Crippen LogP contribution in [0.5, 0.6) is 0 Å². The Labute approximate surface area is 175 Å². The Morgan fingerprint density at radius 3 is 2.62 bits per heavy atom. The van der Waals surface area contributed by atoms with E-state index in [4.69, 9.17) is 5.10 Å². The summed E-state index contributed by atoms with van der Waals surface area (Å²) in [6.07, 6.45) is 10.4. The number of likely N-dealkylation sites (tertiary alicyclic amines) is 1. The fraction of sp³-hybridized carbons (Fsp3) is 0.826. The lowest BCUT2D eigenvalue weighted by Crippen LogP contribution is -2.47. The van der Waals surface area contributed by atoms with E-state index in [1.165, 1.54) is 12.1 Å². The van der Waals surface area contributed by atoms with Crippen LogP contribution in [0, 0.1) is 5.92 Å². The zero-order chi connectivity index (χ0) is 20.4. The summed E-state index contributed by atoms with van der Waals surface area (Å²) in [7, 11) is 0. The van der Waals surface area contributed by atoms with Gasteiger partial charge in [0.1, 0.15) is 0 Å². The van der Waals surface area contributed by atoms with Crippen LogP contribution in [0.15, 0.2) is 0 Å². The van der Waals surface area contributed by atoms with Crippen molar-refractivity contribution in [3.63, 3.8) is 0 Å². The van der Waals surface area contributed by atoms with Gasteiger partial charge in [0.15, 0.2) is 5.69 Å². The first-order valence-electron chi connectivity index (χ1n) is 11.8. The standard InChI is InChI=1S/C23H38N4O2/c1-17(2)15-27-20-9-8-18(24-16-23(29)10-4-3-5-11-23)14-19(20)21(25-27)22(28)26-12-6-7-13-26/h17-18,24,29H,3-16H2,1-2H3/t18-/m1/s1. The molecule has 0 aromatic carbocycles. The molecule has 6 heteroatoms. The van der Waals surface area contributed by atoms with Gasteiger partial charge in [-0.1, -0.05) is 33.1 Å². The number of fused-ring (bicyclic) bond motifs is 1. The molecular weight excluding hydrogens is 364 g/mol. The molecule has 0 unspecified atom stereocenters. The molecule has 2 N–H and O–H groups in total. The van der Waals surface area contributed by atoms with E-state index in [0.29, 0.717) is 24.2 Å². The van der Waals surface area contributed by atoms with Gasteiger partial charge in [0.05, 0.1) is 5.60 Å². The summed E-state index contributed by atoms with van der Waals surface area (Å²) < 4.78 is 2.11. The molecule has 2 fully saturated rings. The molecule has 2 aliphatic carbocycles. The second-order valence-electron chi connectivity index (χ2n) is 9.95. The summed E-state index contributed by atoms with van der Waals surface area (Å²) in [4.78, 5) is 15.1. The third-order valence-corrected chi connectivity index (χ3v) is 6.98. The Kier molecular flexibility index (Phi) is 6.30. The number of nitrogens with zero attached hydrogens (tertiary/aromatic N) is 3. The van der Waals surface area contributed by atoms with Crippen LogP contribution in [0.4, 0.5) is 0 Å².